The van der Waals surface area contributed by atoms with Crippen LogP contribution in [-0.2, 0) is 0 Å². The predicted octanol–water partition coefficient (Wildman–Crippen LogP) is 0.223. The number of hydrogen-bond acceptors (Lipinski definition) is 5. The first-order valence-corrected chi connectivity index (χ1v) is 6.31. The second kappa shape index (κ2) is 6.45. The van der Waals surface area contributed by atoms with Crippen LogP contribution >= 0.6 is 0 Å². The van der Waals surface area contributed by atoms with E-state index >= 15 is 0 Å². The molecule has 0 amide bonds. The Kier molecular flexibility index (Phi) is 4.65. The minimum atomic E-state index is -0.182. The summed E-state index contributed by atoms with van der Waals surface area (Å²) in [5, 5.41) is 9.35. The van der Waals surface area contributed by atoms with Crippen molar-refractivity contribution in [2.45, 2.75) is 6.04 Å². The van der Waals surface area contributed by atoms with E-state index in [2.05, 4.69) is 20.9 Å². The summed E-state index contributed by atoms with van der Waals surface area (Å²) in [6.45, 7) is 5.42. The van der Waals surface area contributed by atoms with Gasteiger partial charge >= 0.3 is 0 Å². The van der Waals surface area contributed by atoms with Gasteiger partial charge in [-0.1, -0.05) is 6.07 Å². The number of pyridine rings is 1. The number of nitriles is 1. The SMILES string of the molecule is N#C[C@@H](c1cccnc1)N1CCN(CCN)CC1. The van der Waals surface area contributed by atoms with Crippen molar-refractivity contribution < 1.29 is 0 Å². The highest BCUT2D eigenvalue weighted by Crippen LogP contribution is 2.20. The summed E-state index contributed by atoms with van der Waals surface area (Å²) < 4.78 is 0. The largest absolute Gasteiger partial charge is 0.329 e. The highest BCUT2D eigenvalue weighted by Gasteiger charge is 2.24. The maximum Gasteiger partial charge on any atom is 0.125 e. The second-order valence-electron chi connectivity index (χ2n) is 4.48. The molecule has 0 radical (unpaired) electrons. The molecular formula is C13H19N5. The van der Waals surface area contributed by atoms with Crippen LogP contribution in [0.2, 0.25) is 0 Å². The van der Waals surface area contributed by atoms with Crippen molar-refractivity contribution >= 4 is 0 Å². The molecule has 2 rings (SSSR count). The third kappa shape index (κ3) is 3.05. The minimum absolute atomic E-state index is 0.182. The van der Waals surface area contributed by atoms with E-state index in [1.165, 1.54) is 0 Å². The van der Waals surface area contributed by atoms with Crippen LogP contribution in [0.3, 0.4) is 0 Å². The summed E-state index contributed by atoms with van der Waals surface area (Å²) in [4.78, 5) is 8.64. The fraction of sp³-hybridized carbons (Fsp3) is 0.538. The molecule has 1 saturated heterocycles. The Labute approximate surface area is 108 Å². The Morgan fingerprint density at radius 2 is 2.17 bits per heavy atom. The first-order valence-electron chi connectivity index (χ1n) is 6.31. The fourth-order valence-electron chi connectivity index (χ4n) is 2.33. The van der Waals surface area contributed by atoms with Crippen LogP contribution in [0.1, 0.15) is 11.6 Å². The summed E-state index contributed by atoms with van der Waals surface area (Å²) in [5.41, 5.74) is 6.53. The lowest BCUT2D eigenvalue weighted by Gasteiger charge is -2.36. The molecule has 1 aliphatic rings. The van der Waals surface area contributed by atoms with E-state index in [-0.39, 0.29) is 6.04 Å². The highest BCUT2D eigenvalue weighted by atomic mass is 15.3. The quantitative estimate of drug-likeness (QED) is 0.822. The fourth-order valence-corrected chi connectivity index (χ4v) is 2.33. The topological polar surface area (TPSA) is 69.2 Å². The molecule has 1 aromatic rings. The Hall–Kier alpha value is -1.48. The first kappa shape index (κ1) is 13.0. The van der Waals surface area contributed by atoms with Crippen molar-refractivity contribution in [2.75, 3.05) is 39.3 Å². The van der Waals surface area contributed by atoms with Crippen LogP contribution in [0.25, 0.3) is 0 Å². The number of piperazine rings is 1. The van der Waals surface area contributed by atoms with Gasteiger partial charge in [-0.2, -0.15) is 5.26 Å². The smallest absolute Gasteiger partial charge is 0.125 e. The molecule has 0 unspecified atom stereocenters. The standard InChI is InChI=1S/C13H19N5/c14-3-5-17-6-8-18(9-7-17)13(10-15)12-2-1-4-16-11-12/h1-2,4,11,13H,3,5-9,14H2/t13-/m0/s1. The Morgan fingerprint density at radius 1 is 1.39 bits per heavy atom. The molecule has 1 atom stereocenters. The van der Waals surface area contributed by atoms with Crippen molar-refractivity contribution in [1.29, 1.82) is 5.26 Å². The van der Waals surface area contributed by atoms with Crippen molar-refractivity contribution in [3.05, 3.63) is 30.1 Å². The van der Waals surface area contributed by atoms with Gasteiger partial charge in [-0.3, -0.25) is 14.8 Å². The molecule has 5 nitrogen and oxygen atoms in total. The van der Waals surface area contributed by atoms with Gasteiger partial charge < -0.3 is 5.73 Å². The molecule has 0 spiro atoms. The predicted molar refractivity (Wildman–Crippen MR) is 69.7 cm³/mol. The normalized spacial score (nSPS) is 19.3. The molecule has 0 aliphatic carbocycles. The van der Waals surface area contributed by atoms with E-state index in [4.69, 9.17) is 5.73 Å². The van der Waals surface area contributed by atoms with E-state index < -0.39 is 0 Å². The third-order valence-electron chi connectivity index (χ3n) is 3.34. The number of aromatic nitrogens is 1. The Balaban J connectivity index is 1.97. The lowest BCUT2D eigenvalue weighted by Crippen LogP contribution is -2.48. The molecule has 96 valence electrons. The van der Waals surface area contributed by atoms with E-state index in [1.54, 1.807) is 12.4 Å². The van der Waals surface area contributed by atoms with Gasteiger partial charge in [0, 0.05) is 57.2 Å². The van der Waals surface area contributed by atoms with Crippen molar-refractivity contribution in [2.24, 2.45) is 5.73 Å². The van der Waals surface area contributed by atoms with Crippen molar-refractivity contribution in [3.8, 4) is 6.07 Å². The van der Waals surface area contributed by atoms with Crippen molar-refractivity contribution in [1.82, 2.24) is 14.8 Å². The third-order valence-corrected chi connectivity index (χ3v) is 3.34. The van der Waals surface area contributed by atoms with E-state index in [0.717, 1.165) is 38.3 Å². The molecule has 0 saturated carbocycles. The number of nitrogens with zero attached hydrogens (tertiary/aromatic N) is 4. The molecule has 0 bridgehead atoms. The van der Waals surface area contributed by atoms with Crippen LogP contribution < -0.4 is 5.73 Å². The van der Waals surface area contributed by atoms with E-state index in [1.807, 2.05) is 12.1 Å². The van der Waals surface area contributed by atoms with E-state index in [0.29, 0.717) is 6.54 Å². The van der Waals surface area contributed by atoms with Gasteiger partial charge in [-0.25, -0.2) is 0 Å². The first-order chi connectivity index (χ1) is 8.85. The van der Waals surface area contributed by atoms with Gasteiger partial charge in [0.25, 0.3) is 0 Å². The van der Waals surface area contributed by atoms with Crippen LogP contribution in [0.5, 0.6) is 0 Å². The lowest BCUT2D eigenvalue weighted by atomic mass is 10.1. The molecule has 1 aromatic heterocycles. The lowest BCUT2D eigenvalue weighted by molar-refractivity contribution is 0.116. The zero-order chi connectivity index (χ0) is 12.8. The second-order valence-corrected chi connectivity index (χ2v) is 4.48. The Morgan fingerprint density at radius 3 is 2.72 bits per heavy atom. The highest BCUT2D eigenvalue weighted by molar-refractivity contribution is 5.20. The zero-order valence-electron chi connectivity index (χ0n) is 10.5. The van der Waals surface area contributed by atoms with Crippen molar-refractivity contribution in [3.63, 3.8) is 0 Å². The van der Waals surface area contributed by atoms with Gasteiger partial charge in [0.15, 0.2) is 0 Å². The summed E-state index contributed by atoms with van der Waals surface area (Å²) in [6, 6.07) is 6.04. The van der Waals surface area contributed by atoms with Crippen LogP contribution in [0.4, 0.5) is 0 Å². The van der Waals surface area contributed by atoms with E-state index in [9.17, 15) is 5.26 Å². The molecule has 2 N–H and O–H groups in total. The average molecular weight is 245 g/mol. The molecule has 1 fully saturated rings. The van der Waals surface area contributed by atoms with Gasteiger partial charge in [0.2, 0.25) is 0 Å². The average Bonchev–Trinajstić information content (AvgIpc) is 2.43. The molecule has 2 heterocycles. The van der Waals surface area contributed by atoms with Crippen LogP contribution in [-0.4, -0.2) is 54.1 Å². The maximum absolute atomic E-state index is 9.35. The molecule has 5 heteroatoms. The van der Waals surface area contributed by atoms with Crippen LogP contribution in [0.15, 0.2) is 24.5 Å². The van der Waals surface area contributed by atoms with Crippen LogP contribution in [0, 0.1) is 11.3 Å². The van der Waals surface area contributed by atoms with Gasteiger partial charge in [-0.15, -0.1) is 0 Å². The molecular weight excluding hydrogens is 226 g/mol. The monoisotopic (exact) mass is 245 g/mol. The van der Waals surface area contributed by atoms with Gasteiger partial charge in [0.05, 0.1) is 6.07 Å². The Bertz CT molecular complexity index is 392. The summed E-state index contributed by atoms with van der Waals surface area (Å²) >= 11 is 0. The zero-order valence-corrected chi connectivity index (χ0v) is 10.5. The summed E-state index contributed by atoms with van der Waals surface area (Å²) in [5.74, 6) is 0. The number of nitrogens with two attached hydrogens (primary N) is 1. The summed E-state index contributed by atoms with van der Waals surface area (Å²) in [7, 11) is 0. The van der Waals surface area contributed by atoms with Gasteiger partial charge in [-0.05, 0) is 6.07 Å². The molecule has 0 aromatic carbocycles. The summed E-state index contributed by atoms with van der Waals surface area (Å²) in [6.07, 6.45) is 3.51. The number of hydrogen-bond donors (Lipinski definition) is 1. The maximum atomic E-state index is 9.35. The molecule has 18 heavy (non-hydrogen) atoms. The minimum Gasteiger partial charge on any atom is -0.329 e. The van der Waals surface area contributed by atoms with Gasteiger partial charge in [0.1, 0.15) is 6.04 Å². The number of rotatable bonds is 4. The molecule has 1 aliphatic heterocycles.